The van der Waals surface area contributed by atoms with Gasteiger partial charge >= 0.3 is 6.03 Å². The van der Waals surface area contributed by atoms with E-state index in [2.05, 4.69) is 51.3 Å². The summed E-state index contributed by atoms with van der Waals surface area (Å²) < 4.78 is 7.30. The first-order chi connectivity index (χ1) is 20.2. The molecule has 1 aliphatic heterocycles. The molecule has 0 saturated carbocycles. The van der Waals surface area contributed by atoms with Crippen LogP contribution < -0.4 is 15.5 Å². The van der Waals surface area contributed by atoms with Crippen molar-refractivity contribution in [1.29, 1.82) is 0 Å². The Bertz CT molecular complexity index is 1750. The van der Waals surface area contributed by atoms with Crippen molar-refractivity contribution >= 4 is 46.0 Å². The van der Waals surface area contributed by atoms with E-state index in [1.165, 1.54) is 0 Å². The molecular formula is C31H33ClN8O2. The molecule has 0 radical (unpaired) electrons. The number of carbonyl (C=O) groups is 1. The molecule has 0 spiro atoms. The monoisotopic (exact) mass is 584 g/mol. The quantitative estimate of drug-likeness (QED) is 0.202. The first kappa shape index (κ1) is 27.7. The number of benzene rings is 2. The fraction of sp³-hybridized carbons (Fsp3) is 0.290. The van der Waals surface area contributed by atoms with E-state index in [4.69, 9.17) is 21.4 Å². The number of nitrogens with zero attached hydrogens (tertiary/aromatic N) is 5. The summed E-state index contributed by atoms with van der Waals surface area (Å²) >= 11 is 6.27. The number of carbonyl (C=O) groups excluding carboxylic acids is 1. The predicted octanol–water partition coefficient (Wildman–Crippen LogP) is 6.55. The summed E-state index contributed by atoms with van der Waals surface area (Å²) in [5, 5.41) is 11.8. The van der Waals surface area contributed by atoms with Crippen molar-refractivity contribution < 1.29 is 9.53 Å². The Morgan fingerprint density at radius 2 is 1.79 bits per heavy atom. The number of morpholine rings is 1. The molecule has 1 aliphatic rings. The number of urea groups is 1. The van der Waals surface area contributed by atoms with E-state index in [1.807, 2.05) is 67.7 Å². The summed E-state index contributed by atoms with van der Waals surface area (Å²) in [5.41, 5.74) is 5.81. The van der Waals surface area contributed by atoms with Crippen molar-refractivity contribution in [2.24, 2.45) is 0 Å². The van der Waals surface area contributed by atoms with Crippen LogP contribution in [0.3, 0.4) is 0 Å². The maximum Gasteiger partial charge on any atom is 0.324 e. The van der Waals surface area contributed by atoms with Crippen molar-refractivity contribution in [2.75, 3.05) is 41.8 Å². The number of ether oxygens (including phenoxy) is 1. The first-order valence-electron chi connectivity index (χ1n) is 13.9. The maximum atomic E-state index is 13.3. The van der Waals surface area contributed by atoms with Crippen LogP contribution in [0, 0.1) is 6.92 Å². The third-order valence-corrected chi connectivity index (χ3v) is 7.39. The lowest BCUT2D eigenvalue weighted by Crippen LogP contribution is -2.37. The Hall–Kier alpha value is -4.41. The van der Waals surface area contributed by atoms with E-state index in [9.17, 15) is 4.79 Å². The number of rotatable bonds is 5. The highest BCUT2D eigenvalue weighted by molar-refractivity contribution is 6.29. The minimum atomic E-state index is -0.371. The second kappa shape index (κ2) is 11.1. The zero-order valence-corrected chi connectivity index (χ0v) is 24.8. The molecule has 5 aromatic rings. The van der Waals surface area contributed by atoms with E-state index in [0.29, 0.717) is 43.5 Å². The standard InChI is InChI=1S/C31H33ClN8O2/c1-19-8-10-22(11-9-19)40-25(17-24(38-40)31(2,3)4)35-30(41)34-21-7-5-6-20(16-21)23-18-33-27-26(23)28(37-29(32)36-27)39-12-14-42-15-13-39/h5-11,16-18H,12-15H2,1-4H3,(H,33,36,37)(H2,34,35,41). The van der Waals surface area contributed by atoms with Gasteiger partial charge in [-0.1, -0.05) is 50.6 Å². The Kier molecular flexibility index (Phi) is 7.34. The van der Waals surface area contributed by atoms with E-state index in [0.717, 1.165) is 39.3 Å². The second-order valence-electron chi connectivity index (χ2n) is 11.4. The lowest BCUT2D eigenvalue weighted by molar-refractivity contribution is 0.122. The summed E-state index contributed by atoms with van der Waals surface area (Å²) in [5.74, 6) is 1.35. The normalized spacial score (nSPS) is 13.9. The van der Waals surface area contributed by atoms with Gasteiger partial charge in [0.05, 0.1) is 30.0 Å². The van der Waals surface area contributed by atoms with E-state index < -0.39 is 0 Å². The minimum Gasteiger partial charge on any atom is -0.378 e. The first-order valence-corrected chi connectivity index (χ1v) is 14.3. The molecule has 1 fully saturated rings. The Morgan fingerprint density at radius 1 is 1.02 bits per heavy atom. The fourth-order valence-corrected chi connectivity index (χ4v) is 5.15. The molecule has 3 aromatic heterocycles. The number of amides is 2. The molecule has 2 aromatic carbocycles. The average molecular weight is 585 g/mol. The number of fused-ring (bicyclic) bond motifs is 1. The maximum absolute atomic E-state index is 13.3. The number of aryl methyl sites for hydroxylation is 1. The van der Waals surface area contributed by atoms with Crippen LogP contribution >= 0.6 is 11.6 Å². The molecule has 3 N–H and O–H groups in total. The van der Waals surface area contributed by atoms with Crippen molar-refractivity contribution in [3.63, 3.8) is 0 Å². The Balaban J connectivity index is 1.28. The predicted molar refractivity (Wildman–Crippen MR) is 167 cm³/mol. The van der Waals surface area contributed by atoms with Gasteiger partial charge in [0.15, 0.2) is 0 Å². The lowest BCUT2D eigenvalue weighted by Gasteiger charge is -2.28. The lowest BCUT2D eigenvalue weighted by atomic mass is 9.92. The third kappa shape index (κ3) is 5.68. The van der Waals surface area contributed by atoms with Crippen molar-refractivity contribution in [1.82, 2.24) is 24.7 Å². The molecule has 2 amide bonds. The molecule has 0 atom stereocenters. The summed E-state index contributed by atoms with van der Waals surface area (Å²) in [6.07, 6.45) is 1.90. The van der Waals surface area contributed by atoms with Crippen molar-refractivity contribution in [3.8, 4) is 16.8 Å². The topological polar surface area (TPSA) is 113 Å². The van der Waals surface area contributed by atoms with Gasteiger partial charge in [-0.15, -0.1) is 0 Å². The molecule has 10 nitrogen and oxygen atoms in total. The number of aromatic amines is 1. The largest absolute Gasteiger partial charge is 0.378 e. The highest BCUT2D eigenvalue weighted by Gasteiger charge is 2.23. The van der Waals surface area contributed by atoms with Gasteiger partial charge in [0.1, 0.15) is 17.3 Å². The van der Waals surface area contributed by atoms with Crippen LogP contribution in [0.5, 0.6) is 0 Å². The third-order valence-electron chi connectivity index (χ3n) is 7.23. The van der Waals surface area contributed by atoms with Gasteiger partial charge in [-0.3, -0.25) is 5.32 Å². The van der Waals surface area contributed by atoms with Crippen LogP contribution in [0.15, 0.2) is 60.8 Å². The minimum absolute atomic E-state index is 0.184. The molecule has 0 bridgehead atoms. The molecule has 11 heteroatoms. The highest BCUT2D eigenvalue weighted by atomic mass is 35.5. The van der Waals surface area contributed by atoms with Gasteiger partial charge in [0.25, 0.3) is 0 Å². The van der Waals surface area contributed by atoms with Crippen LogP contribution in [0.2, 0.25) is 5.28 Å². The summed E-state index contributed by atoms with van der Waals surface area (Å²) in [7, 11) is 0. The number of H-pyrrole nitrogens is 1. The van der Waals surface area contributed by atoms with Gasteiger partial charge in [-0.05, 0) is 48.4 Å². The van der Waals surface area contributed by atoms with E-state index >= 15 is 0 Å². The summed E-state index contributed by atoms with van der Waals surface area (Å²) in [6, 6.07) is 17.3. The highest BCUT2D eigenvalue weighted by Crippen LogP contribution is 2.36. The number of aromatic nitrogens is 5. The summed E-state index contributed by atoms with van der Waals surface area (Å²) in [6.45, 7) is 11.0. The van der Waals surface area contributed by atoms with Gasteiger partial charge in [-0.25, -0.2) is 9.48 Å². The van der Waals surface area contributed by atoms with Crippen LogP contribution in [0.25, 0.3) is 27.8 Å². The zero-order valence-electron chi connectivity index (χ0n) is 24.0. The SMILES string of the molecule is Cc1ccc(-n2nc(C(C)(C)C)cc2NC(=O)Nc2cccc(-c3c[nH]c4nc(Cl)nc(N5CCOCC5)c34)c2)cc1. The molecular weight excluding hydrogens is 552 g/mol. The van der Waals surface area contributed by atoms with E-state index in [-0.39, 0.29) is 16.7 Å². The zero-order chi connectivity index (χ0) is 29.4. The number of hydrogen-bond acceptors (Lipinski definition) is 6. The fourth-order valence-electron chi connectivity index (χ4n) is 4.98. The van der Waals surface area contributed by atoms with Gasteiger partial charge in [-0.2, -0.15) is 15.1 Å². The van der Waals surface area contributed by atoms with Crippen LogP contribution in [-0.2, 0) is 10.2 Å². The molecule has 42 heavy (non-hydrogen) atoms. The molecule has 4 heterocycles. The molecule has 6 rings (SSSR count). The number of nitrogens with one attached hydrogen (secondary N) is 3. The molecule has 1 saturated heterocycles. The van der Waals surface area contributed by atoms with Crippen molar-refractivity contribution in [3.05, 3.63) is 77.3 Å². The van der Waals surface area contributed by atoms with Gasteiger partial charge < -0.3 is 19.9 Å². The Morgan fingerprint density at radius 3 is 2.52 bits per heavy atom. The smallest absolute Gasteiger partial charge is 0.324 e. The van der Waals surface area contributed by atoms with Crippen LogP contribution in [0.4, 0.5) is 22.1 Å². The van der Waals surface area contributed by atoms with Gasteiger partial charge in [0.2, 0.25) is 5.28 Å². The second-order valence-corrected chi connectivity index (χ2v) is 11.8. The van der Waals surface area contributed by atoms with Gasteiger partial charge in [0, 0.05) is 42.0 Å². The molecule has 216 valence electrons. The number of anilines is 3. The number of halogens is 1. The molecule has 0 unspecified atom stereocenters. The Labute approximate surface area is 249 Å². The van der Waals surface area contributed by atoms with Crippen LogP contribution in [0.1, 0.15) is 32.0 Å². The van der Waals surface area contributed by atoms with E-state index in [1.54, 1.807) is 4.68 Å². The average Bonchev–Trinajstić information content (AvgIpc) is 3.58. The number of hydrogen-bond donors (Lipinski definition) is 3. The summed E-state index contributed by atoms with van der Waals surface area (Å²) in [4.78, 5) is 27.6. The molecule has 0 aliphatic carbocycles. The van der Waals surface area contributed by atoms with Crippen LogP contribution in [-0.4, -0.2) is 57.1 Å². The van der Waals surface area contributed by atoms with Crippen molar-refractivity contribution in [2.45, 2.75) is 33.1 Å².